The SMILES string of the molecule is CCNCCC(=O)NC(Cn1ccnc1)C(C)(C)C. The highest BCUT2D eigenvalue weighted by Gasteiger charge is 2.26. The number of hydrogen-bond acceptors (Lipinski definition) is 3. The highest BCUT2D eigenvalue weighted by atomic mass is 16.1. The quantitative estimate of drug-likeness (QED) is 0.734. The fourth-order valence-electron chi connectivity index (χ4n) is 1.79. The van der Waals surface area contributed by atoms with Crippen LogP contribution in [0.15, 0.2) is 18.7 Å². The zero-order chi connectivity index (χ0) is 14.3. The Morgan fingerprint density at radius 1 is 1.42 bits per heavy atom. The molecule has 1 aromatic rings. The number of aromatic nitrogens is 2. The Balaban J connectivity index is 2.53. The predicted molar refractivity (Wildman–Crippen MR) is 76.8 cm³/mol. The van der Waals surface area contributed by atoms with Crippen molar-refractivity contribution in [1.82, 2.24) is 20.2 Å². The maximum Gasteiger partial charge on any atom is 0.221 e. The number of hydrogen-bond donors (Lipinski definition) is 2. The van der Waals surface area contributed by atoms with Gasteiger partial charge in [-0.05, 0) is 12.0 Å². The third-order valence-corrected chi connectivity index (χ3v) is 3.11. The summed E-state index contributed by atoms with van der Waals surface area (Å²) in [6.07, 6.45) is 5.98. The monoisotopic (exact) mass is 266 g/mol. The first-order valence-electron chi connectivity index (χ1n) is 6.89. The van der Waals surface area contributed by atoms with Crippen LogP contribution in [0.4, 0.5) is 0 Å². The van der Waals surface area contributed by atoms with E-state index in [0.29, 0.717) is 6.42 Å². The number of nitrogens with one attached hydrogen (secondary N) is 2. The molecule has 0 saturated carbocycles. The molecule has 5 heteroatoms. The van der Waals surface area contributed by atoms with E-state index in [9.17, 15) is 4.79 Å². The van der Waals surface area contributed by atoms with E-state index >= 15 is 0 Å². The molecule has 0 aliphatic carbocycles. The van der Waals surface area contributed by atoms with Gasteiger partial charge in [-0.25, -0.2) is 4.98 Å². The van der Waals surface area contributed by atoms with Crippen LogP contribution in [0.25, 0.3) is 0 Å². The molecule has 0 spiro atoms. The average Bonchev–Trinajstić information content (AvgIpc) is 2.80. The molecule has 0 aromatic carbocycles. The Kier molecular flexibility index (Phi) is 6.02. The lowest BCUT2D eigenvalue weighted by Gasteiger charge is -2.31. The van der Waals surface area contributed by atoms with Gasteiger partial charge in [-0.15, -0.1) is 0 Å². The van der Waals surface area contributed by atoms with Crippen LogP contribution in [0.1, 0.15) is 34.1 Å². The summed E-state index contributed by atoms with van der Waals surface area (Å²) in [5.41, 5.74) is 0.0120. The van der Waals surface area contributed by atoms with E-state index in [1.165, 1.54) is 0 Å². The predicted octanol–water partition coefficient (Wildman–Crippen LogP) is 1.41. The lowest BCUT2D eigenvalue weighted by molar-refractivity contribution is -0.122. The minimum atomic E-state index is 0.0120. The molecule has 1 rings (SSSR count). The summed E-state index contributed by atoms with van der Waals surface area (Å²) in [4.78, 5) is 16.0. The Bertz CT molecular complexity index is 367. The van der Waals surface area contributed by atoms with E-state index in [4.69, 9.17) is 0 Å². The highest BCUT2D eigenvalue weighted by Crippen LogP contribution is 2.20. The highest BCUT2D eigenvalue weighted by molar-refractivity contribution is 5.76. The molecule has 0 fully saturated rings. The first-order chi connectivity index (χ1) is 8.93. The summed E-state index contributed by atoms with van der Waals surface area (Å²) in [5.74, 6) is 0.0981. The van der Waals surface area contributed by atoms with Gasteiger partial charge in [-0.2, -0.15) is 0 Å². The molecule has 0 saturated heterocycles. The van der Waals surface area contributed by atoms with Crippen LogP contribution in [0.2, 0.25) is 0 Å². The van der Waals surface area contributed by atoms with Crippen molar-refractivity contribution >= 4 is 5.91 Å². The minimum absolute atomic E-state index is 0.0120. The third-order valence-electron chi connectivity index (χ3n) is 3.11. The second kappa shape index (κ2) is 7.28. The van der Waals surface area contributed by atoms with Crippen LogP contribution < -0.4 is 10.6 Å². The molecular formula is C14H26N4O. The van der Waals surface area contributed by atoms with E-state index in [-0.39, 0.29) is 17.4 Å². The van der Waals surface area contributed by atoms with Gasteiger partial charge in [0.05, 0.1) is 12.4 Å². The average molecular weight is 266 g/mol. The van der Waals surface area contributed by atoms with Gasteiger partial charge in [0.25, 0.3) is 0 Å². The van der Waals surface area contributed by atoms with Crippen molar-refractivity contribution in [3.8, 4) is 0 Å². The Morgan fingerprint density at radius 3 is 2.68 bits per heavy atom. The molecule has 1 aromatic heterocycles. The van der Waals surface area contributed by atoms with E-state index in [2.05, 4.69) is 36.4 Å². The summed E-state index contributed by atoms with van der Waals surface area (Å²) < 4.78 is 2.00. The normalized spacial score (nSPS) is 13.3. The van der Waals surface area contributed by atoms with Gasteiger partial charge in [0, 0.05) is 31.9 Å². The molecule has 0 radical (unpaired) electrons. The molecule has 2 N–H and O–H groups in total. The van der Waals surface area contributed by atoms with Gasteiger partial charge in [0.15, 0.2) is 0 Å². The molecular weight excluding hydrogens is 240 g/mol. The Labute approximate surface area is 115 Å². The summed E-state index contributed by atoms with van der Waals surface area (Å²) in [7, 11) is 0. The zero-order valence-corrected chi connectivity index (χ0v) is 12.4. The van der Waals surface area contributed by atoms with Crippen molar-refractivity contribution in [2.24, 2.45) is 5.41 Å². The third kappa shape index (κ3) is 5.87. The van der Waals surface area contributed by atoms with Gasteiger partial charge in [-0.3, -0.25) is 4.79 Å². The molecule has 1 unspecified atom stereocenters. The molecule has 1 heterocycles. The van der Waals surface area contributed by atoms with Crippen LogP contribution in [-0.2, 0) is 11.3 Å². The number of nitrogens with zero attached hydrogens (tertiary/aromatic N) is 2. The molecule has 0 aliphatic rings. The lowest BCUT2D eigenvalue weighted by atomic mass is 9.86. The first-order valence-corrected chi connectivity index (χ1v) is 6.89. The van der Waals surface area contributed by atoms with E-state index in [0.717, 1.165) is 19.6 Å². The van der Waals surface area contributed by atoms with Gasteiger partial charge in [-0.1, -0.05) is 27.7 Å². The van der Waals surface area contributed by atoms with Crippen molar-refractivity contribution in [1.29, 1.82) is 0 Å². The molecule has 5 nitrogen and oxygen atoms in total. The molecule has 1 atom stereocenters. The summed E-state index contributed by atoms with van der Waals surface area (Å²) in [5, 5.41) is 6.29. The Morgan fingerprint density at radius 2 is 2.16 bits per heavy atom. The van der Waals surface area contributed by atoms with E-state index in [1.807, 2.05) is 17.7 Å². The smallest absolute Gasteiger partial charge is 0.221 e. The van der Waals surface area contributed by atoms with Crippen molar-refractivity contribution in [3.63, 3.8) is 0 Å². The van der Waals surface area contributed by atoms with Crippen LogP contribution >= 0.6 is 0 Å². The van der Waals surface area contributed by atoms with Gasteiger partial charge < -0.3 is 15.2 Å². The first kappa shape index (κ1) is 15.7. The number of carbonyl (C=O) groups is 1. The largest absolute Gasteiger partial charge is 0.351 e. The van der Waals surface area contributed by atoms with Crippen molar-refractivity contribution in [2.75, 3.05) is 13.1 Å². The van der Waals surface area contributed by atoms with Gasteiger partial charge in [0.2, 0.25) is 5.91 Å². The maximum absolute atomic E-state index is 11.9. The van der Waals surface area contributed by atoms with E-state index in [1.54, 1.807) is 12.5 Å². The van der Waals surface area contributed by atoms with Gasteiger partial charge in [0.1, 0.15) is 0 Å². The minimum Gasteiger partial charge on any atom is -0.351 e. The van der Waals surface area contributed by atoms with E-state index < -0.39 is 0 Å². The molecule has 108 valence electrons. The standard InChI is InChI=1S/C14H26N4O/c1-5-15-7-6-13(19)17-12(14(2,3)4)10-18-9-8-16-11-18/h8-9,11-12,15H,5-7,10H2,1-4H3,(H,17,19). The summed E-state index contributed by atoms with van der Waals surface area (Å²) >= 11 is 0. The zero-order valence-electron chi connectivity index (χ0n) is 12.4. The van der Waals surface area contributed by atoms with Crippen molar-refractivity contribution in [3.05, 3.63) is 18.7 Å². The second-order valence-electron chi connectivity index (χ2n) is 5.85. The van der Waals surface area contributed by atoms with Crippen LogP contribution in [-0.4, -0.2) is 34.6 Å². The Hall–Kier alpha value is -1.36. The molecule has 0 bridgehead atoms. The number of rotatable bonds is 7. The van der Waals surface area contributed by atoms with Gasteiger partial charge >= 0.3 is 0 Å². The fourth-order valence-corrected chi connectivity index (χ4v) is 1.79. The van der Waals surface area contributed by atoms with Crippen LogP contribution in [0, 0.1) is 5.41 Å². The van der Waals surface area contributed by atoms with Crippen LogP contribution in [0.5, 0.6) is 0 Å². The molecule has 0 aliphatic heterocycles. The van der Waals surface area contributed by atoms with Crippen molar-refractivity contribution in [2.45, 2.75) is 46.7 Å². The second-order valence-corrected chi connectivity index (χ2v) is 5.85. The maximum atomic E-state index is 11.9. The number of amides is 1. The number of imidazole rings is 1. The number of carbonyl (C=O) groups excluding carboxylic acids is 1. The molecule has 19 heavy (non-hydrogen) atoms. The summed E-state index contributed by atoms with van der Waals surface area (Å²) in [6.45, 7) is 10.8. The summed E-state index contributed by atoms with van der Waals surface area (Å²) in [6, 6.07) is 0.0934. The lowest BCUT2D eigenvalue weighted by Crippen LogP contribution is -2.46. The fraction of sp³-hybridized carbons (Fsp3) is 0.714. The topological polar surface area (TPSA) is 59.0 Å². The van der Waals surface area contributed by atoms with Crippen LogP contribution in [0.3, 0.4) is 0 Å². The molecule has 1 amide bonds. The van der Waals surface area contributed by atoms with Crippen molar-refractivity contribution < 1.29 is 4.79 Å².